The molecule has 0 aromatic heterocycles. The third kappa shape index (κ3) is 5.68. The molecule has 0 aromatic rings. The van der Waals surface area contributed by atoms with Gasteiger partial charge >= 0.3 is 12.0 Å². The number of carbonyl (C=O) groups is 3. The van der Waals surface area contributed by atoms with Crippen molar-refractivity contribution < 1.29 is 24.2 Å². The molecule has 2 N–H and O–H groups in total. The fraction of sp³-hybridized carbons (Fsp3) is 0.769. The number of nitrogens with zero attached hydrogens (tertiary/aromatic N) is 2. The maximum absolute atomic E-state index is 11.9. The quantitative estimate of drug-likeness (QED) is 0.672. The van der Waals surface area contributed by atoms with Crippen LogP contribution in [0.25, 0.3) is 0 Å². The third-order valence-electron chi connectivity index (χ3n) is 3.48. The van der Waals surface area contributed by atoms with Gasteiger partial charge in [-0.15, -0.1) is 0 Å². The Hall–Kier alpha value is -1.67. The average molecular weight is 301 g/mol. The van der Waals surface area contributed by atoms with Crippen molar-refractivity contribution in [2.24, 2.45) is 0 Å². The van der Waals surface area contributed by atoms with Crippen molar-refractivity contribution in [3.8, 4) is 0 Å². The number of urea groups is 1. The van der Waals surface area contributed by atoms with Crippen LogP contribution in [0.4, 0.5) is 4.79 Å². The summed E-state index contributed by atoms with van der Waals surface area (Å²) in [5.41, 5.74) is 0. The second kappa shape index (κ2) is 8.58. The fourth-order valence-electron chi connectivity index (χ4n) is 2.43. The van der Waals surface area contributed by atoms with Crippen LogP contribution in [0, 0.1) is 0 Å². The van der Waals surface area contributed by atoms with Gasteiger partial charge in [0.05, 0.1) is 0 Å². The van der Waals surface area contributed by atoms with Crippen LogP contribution in [0.2, 0.25) is 0 Å². The molecule has 8 heteroatoms. The standard InChI is InChI=1S/C13H23N3O5/c1-3-15(4-2)10-5-6-16(7-10)13(20)14-11(17)8-21-9-12(18)19/h10H,3-9H2,1-2H3,(H,18,19)(H,14,17,20). The van der Waals surface area contributed by atoms with Crippen molar-refractivity contribution in [3.63, 3.8) is 0 Å². The van der Waals surface area contributed by atoms with E-state index in [4.69, 9.17) is 5.11 Å². The minimum absolute atomic E-state index is 0.323. The first-order valence-corrected chi connectivity index (χ1v) is 7.10. The lowest BCUT2D eigenvalue weighted by molar-refractivity contribution is -0.143. The second-order valence-electron chi connectivity index (χ2n) is 4.85. The van der Waals surface area contributed by atoms with E-state index in [0.29, 0.717) is 19.1 Å². The Morgan fingerprint density at radius 2 is 1.95 bits per heavy atom. The molecule has 120 valence electrons. The van der Waals surface area contributed by atoms with Gasteiger partial charge in [0.1, 0.15) is 13.2 Å². The first-order valence-electron chi connectivity index (χ1n) is 7.10. The lowest BCUT2D eigenvalue weighted by Crippen LogP contribution is -2.45. The molecule has 8 nitrogen and oxygen atoms in total. The molecule has 1 aliphatic heterocycles. The van der Waals surface area contributed by atoms with E-state index in [0.717, 1.165) is 19.5 Å². The molecular weight excluding hydrogens is 278 g/mol. The molecule has 1 unspecified atom stereocenters. The van der Waals surface area contributed by atoms with Gasteiger partial charge in [-0.3, -0.25) is 15.0 Å². The van der Waals surface area contributed by atoms with Crippen LogP contribution in [0.1, 0.15) is 20.3 Å². The summed E-state index contributed by atoms with van der Waals surface area (Å²) >= 11 is 0. The lowest BCUT2D eigenvalue weighted by atomic mass is 10.2. The van der Waals surface area contributed by atoms with Gasteiger partial charge < -0.3 is 14.7 Å². The number of hydrogen-bond donors (Lipinski definition) is 2. The average Bonchev–Trinajstić information content (AvgIpc) is 2.89. The maximum atomic E-state index is 11.9. The number of aliphatic carboxylic acids is 1. The van der Waals surface area contributed by atoms with Crippen LogP contribution < -0.4 is 5.32 Å². The minimum atomic E-state index is -1.16. The first kappa shape index (κ1) is 17.4. The Bertz CT molecular complexity index is 384. The second-order valence-corrected chi connectivity index (χ2v) is 4.85. The molecule has 1 saturated heterocycles. The number of imide groups is 1. The molecule has 1 rings (SSSR count). The Labute approximate surface area is 124 Å². The fourth-order valence-corrected chi connectivity index (χ4v) is 2.43. The number of likely N-dealkylation sites (N-methyl/N-ethyl adjacent to an activating group) is 1. The zero-order valence-electron chi connectivity index (χ0n) is 12.5. The molecule has 3 amide bonds. The Morgan fingerprint density at radius 1 is 1.29 bits per heavy atom. The molecule has 0 aliphatic carbocycles. The summed E-state index contributed by atoms with van der Waals surface area (Å²) in [7, 11) is 0. The van der Waals surface area contributed by atoms with Crippen LogP contribution in [-0.4, -0.2) is 78.2 Å². The molecule has 0 saturated carbocycles. The molecule has 0 bridgehead atoms. The van der Waals surface area contributed by atoms with Gasteiger partial charge in [-0.25, -0.2) is 9.59 Å². The first-order chi connectivity index (χ1) is 9.97. The Kier molecular flexibility index (Phi) is 7.10. The SMILES string of the molecule is CCN(CC)C1CCN(C(=O)NC(=O)COCC(=O)O)C1. The molecule has 21 heavy (non-hydrogen) atoms. The monoisotopic (exact) mass is 301 g/mol. The zero-order chi connectivity index (χ0) is 15.8. The van der Waals surface area contributed by atoms with E-state index in [1.165, 1.54) is 0 Å². The van der Waals surface area contributed by atoms with Crippen LogP contribution in [0.3, 0.4) is 0 Å². The number of carboxylic acid groups (broad SMARTS) is 1. The van der Waals surface area contributed by atoms with Gasteiger partial charge in [0.2, 0.25) is 0 Å². The molecule has 1 atom stereocenters. The van der Waals surface area contributed by atoms with Gasteiger partial charge in [0.15, 0.2) is 0 Å². The van der Waals surface area contributed by atoms with Crippen molar-refractivity contribution >= 4 is 17.9 Å². The number of nitrogens with one attached hydrogen (secondary N) is 1. The molecule has 1 fully saturated rings. The van der Waals surface area contributed by atoms with E-state index in [-0.39, 0.29) is 0 Å². The zero-order valence-corrected chi connectivity index (χ0v) is 12.5. The van der Waals surface area contributed by atoms with Crippen LogP contribution in [0.15, 0.2) is 0 Å². The number of carboxylic acids is 1. The van der Waals surface area contributed by atoms with Crippen molar-refractivity contribution in [2.75, 3.05) is 39.4 Å². The van der Waals surface area contributed by atoms with Crippen molar-refractivity contribution in [1.29, 1.82) is 0 Å². The summed E-state index contributed by atoms with van der Waals surface area (Å²) in [4.78, 5) is 37.4. The molecule has 0 radical (unpaired) electrons. The van der Waals surface area contributed by atoms with Gasteiger partial charge in [-0.1, -0.05) is 13.8 Å². The van der Waals surface area contributed by atoms with Crippen LogP contribution >= 0.6 is 0 Å². The van der Waals surface area contributed by atoms with Crippen LogP contribution in [0.5, 0.6) is 0 Å². The van der Waals surface area contributed by atoms with Crippen LogP contribution in [-0.2, 0) is 14.3 Å². The minimum Gasteiger partial charge on any atom is -0.480 e. The highest BCUT2D eigenvalue weighted by atomic mass is 16.5. The number of hydrogen-bond acceptors (Lipinski definition) is 5. The maximum Gasteiger partial charge on any atom is 0.329 e. The van der Waals surface area contributed by atoms with E-state index >= 15 is 0 Å². The number of ether oxygens (including phenoxy) is 1. The summed E-state index contributed by atoms with van der Waals surface area (Å²) in [5, 5.41) is 10.6. The molecular formula is C13H23N3O5. The van der Waals surface area contributed by atoms with Crippen molar-refractivity contribution in [2.45, 2.75) is 26.3 Å². The molecule has 0 spiro atoms. The lowest BCUT2D eigenvalue weighted by Gasteiger charge is -2.26. The van der Waals surface area contributed by atoms with E-state index in [1.807, 2.05) is 0 Å². The summed E-state index contributed by atoms with van der Waals surface area (Å²) in [5.74, 6) is -1.79. The van der Waals surface area contributed by atoms with Gasteiger partial charge in [-0.05, 0) is 19.5 Å². The number of rotatable bonds is 7. The predicted octanol–water partition coefficient (Wildman–Crippen LogP) is -0.260. The highest BCUT2D eigenvalue weighted by molar-refractivity contribution is 5.95. The predicted molar refractivity (Wildman–Crippen MR) is 74.9 cm³/mol. The normalized spacial score (nSPS) is 18.0. The van der Waals surface area contributed by atoms with E-state index < -0.39 is 31.1 Å². The smallest absolute Gasteiger partial charge is 0.329 e. The number of carbonyl (C=O) groups excluding carboxylic acids is 2. The summed E-state index contributed by atoms with van der Waals surface area (Å²) in [6, 6.07) is -0.127. The van der Waals surface area contributed by atoms with E-state index in [2.05, 4.69) is 28.8 Å². The highest BCUT2D eigenvalue weighted by Gasteiger charge is 2.29. The Balaban J connectivity index is 2.33. The van der Waals surface area contributed by atoms with E-state index in [1.54, 1.807) is 4.90 Å². The van der Waals surface area contributed by atoms with Crippen molar-refractivity contribution in [3.05, 3.63) is 0 Å². The molecule has 1 aliphatic rings. The summed E-state index contributed by atoms with van der Waals surface area (Å²) < 4.78 is 4.62. The summed E-state index contributed by atoms with van der Waals surface area (Å²) in [6.45, 7) is 6.22. The van der Waals surface area contributed by atoms with Gasteiger partial charge in [0.25, 0.3) is 5.91 Å². The summed E-state index contributed by atoms with van der Waals surface area (Å²) in [6.07, 6.45) is 0.888. The number of amides is 3. The molecule has 0 aromatic carbocycles. The van der Waals surface area contributed by atoms with Gasteiger partial charge in [0, 0.05) is 19.1 Å². The van der Waals surface area contributed by atoms with E-state index in [9.17, 15) is 14.4 Å². The number of likely N-dealkylation sites (tertiary alicyclic amines) is 1. The Morgan fingerprint density at radius 3 is 2.52 bits per heavy atom. The largest absolute Gasteiger partial charge is 0.480 e. The third-order valence-corrected chi connectivity index (χ3v) is 3.48. The van der Waals surface area contributed by atoms with Crippen molar-refractivity contribution in [1.82, 2.24) is 15.1 Å². The topological polar surface area (TPSA) is 99.2 Å². The van der Waals surface area contributed by atoms with Gasteiger partial charge in [-0.2, -0.15) is 0 Å². The molecule has 1 heterocycles. The highest BCUT2D eigenvalue weighted by Crippen LogP contribution is 2.15.